The Kier molecular flexibility index (Phi) is 4.74. The summed E-state index contributed by atoms with van der Waals surface area (Å²) < 4.78 is 6.56. The summed E-state index contributed by atoms with van der Waals surface area (Å²) in [7, 11) is 1.55. The van der Waals surface area contributed by atoms with E-state index in [1.807, 2.05) is 6.07 Å². The summed E-state index contributed by atoms with van der Waals surface area (Å²) in [5.74, 6) is 1.05. The number of ether oxygens (including phenoxy) is 1. The molecule has 1 fully saturated rings. The van der Waals surface area contributed by atoms with E-state index in [1.165, 1.54) is 4.68 Å². The molecule has 1 aromatic heterocycles. The molecule has 0 spiro atoms. The Bertz CT molecular complexity index is 735. The van der Waals surface area contributed by atoms with Crippen molar-refractivity contribution in [3.05, 3.63) is 30.0 Å². The van der Waals surface area contributed by atoms with Crippen LogP contribution in [-0.2, 0) is 0 Å². The number of rotatable bonds is 6. The molecule has 1 aliphatic rings. The van der Waals surface area contributed by atoms with E-state index in [-0.39, 0.29) is 11.8 Å². The summed E-state index contributed by atoms with van der Waals surface area (Å²) in [6.07, 6.45) is 4.11. The lowest BCUT2D eigenvalue weighted by molar-refractivity contribution is 0.238. The second-order valence-electron chi connectivity index (χ2n) is 6.11. The van der Waals surface area contributed by atoms with Gasteiger partial charge in [-0.1, -0.05) is 13.3 Å². The first kappa shape index (κ1) is 16.4. The average Bonchev–Trinajstić information content (AvgIpc) is 3.33. The number of phenolic OH excluding ortho intramolecular Hbond substituents is 1. The maximum Gasteiger partial charge on any atom is 0.342 e. The van der Waals surface area contributed by atoms with Crippen LogP contribution in [-0.4, -0.2) is 34.6 Å². The van der Waals surface area contributed by atoms with Gasteiger partial charge in [0.2, 0.25) is 0 Å². The number of nitrogens with zero attached hydrogens (tertiary/aromatic N) is 2. The van der Waals surface area contributed by atoms with E-state index in [4.69, 9.17) is 4.74 Å². The van der Waals surface area contributed by atoms with Crippen molar-refractivity contribution in [2.24, 2.45) is 0 Å². The van der Waals surface area contributed by atoms with Gasteiger partial charge in [-0.2, -0.15) is 9.78 Å². The number of methoxy groups -OCH3 is 1. The fourth-order valence-corrected chi connectivity index (χ4v) is 2.66. The predicted molar refractivity (Wildman–Crippen MR) is 91.6 cm³/mol. The molecule has 24 heavy (non-hydrogen) atoms. The van der Waals surface area contributed by atoms with Gasteiger partial charge in [0, 0.05) is 24.1 Å². The first-order chi connectivity index (χ1) is 11.6. The largest absolute Gasteiger partial charge is 0.507 e. The highest BCUT2D eigenvalue weighted by Gasteiger charge is 2.30. The van der Waals surface area contributed by atoms with Crippen LogP contribution >= 0.6 is 0 Å². The third-order valence-electron chi connectivity index (χ3n) is 4.21. The van der Waals surface area contributed by atoms with Gasteiger partial charge in [0.1, 0.15) is 11.5 Å². The van der Waals surface area contributed by atoms with Gasteiger partial charge in [-0.25, -0.2) is 4.79 Å². The van der Waals surface area contributed by atoms with Gasteiger partial charge in [-0.3, -0.25) is 0 Å². The molecule has 128 valence electrons. The van der Waals surface area contributed by atoms with Crippen molar-refractivity contribution in [3.63, 3.8) is 0 Å². The smallest absolute Gasteiger partial charge is 0.342 e. The molecule has 1 amide bonds. The molecule has 2 N–H and O–H groups in total. The number of benzene rings is 1. The number of hydrogen-bond acceptors (Lipinski definition) is 4. The predicted octanol–water partition coefficient (Wildman–Crippen LogP) is 3.50. The highest BCUT2D eigenvalue weighted by Crippen LogP contribution is 2.42. The van der Waals surface area contributed by atoms with Gasteiger partial charge < -0.3 is 15.2 Å². The number of carbonyl (C=O) groups is 1. The van der Waals surface area contributed by atoms with Gasteiger partial charge in [0.05, 0.1) is 18.5 Å². The summed E-state index contributed by atoms with van der Waals surface area (Å²) in [4.78, 5) is 12.4. The number of phenols is 1. The second-order valence-corrected chi connectivity index (χ2v) is 6.11. The molecule has 1 saturated carbocycles. The number of aromatic nitrogens is 2. The minimum Gasteiger partial charge on any atom is -0.507 e. The summed E-state index contributed by atoms with van der Waals surface area (Å²) in [6.45, 7) is 2.72. The highest BCUT2D eigenvalue weighted by molar-refractivity contribution is 5.79. The Hall–Kier alpha value is -2.50. The van der Waals surface area contributed by atoms with Crippen molar-refractivity contribution < 1.29 is 14.6 Å². The van der Waals surface area contributed by atoms with Crippen molar-refractivity contribution in [3.8, 4) is 22.8 Å². The molecular formula is C18H23N3O3. The molecule has 1 aliphatic carbocycles. The van der Waals surface area contributed by atoms with Crippen LogP contribution in [0.2, 0.25) is 0 Å². The maximum absolute atomic E-state index is 12.4. The summed E-state index contributed by atoms with van der Waals surface area (Å²) in [5, 5.41) is 17.6. The van der Waals surface area contributed by atoms with Crippen LogP contribution in [0.5, 0.6) is 11.5 Å². The molecule has 3 rings (SSSR count). The number of aromatic hydroxyl groups is 1. The van der Waals surface area contributed by atoms with Crippen molar-refractivity contribution in [2.45, 2.75) is 38.5 Å². The van der Waals surface area contributed by atoms with E-state index in [0.717, 1.165) is 31.4 Å². The van der Waals surface area contributed by atoms with E-state index in [2.05, 4.69) is 17.3 Å². The topological polar surface area (TPSA) is 76.4 Å². The Morgan fingerprint density at radius 1 is 1.42 bits per heavy atom. The van der Waals surface area contributed by atoms with Gasteiger partial charge in [0.15, 0.2) is 0 Å². The molecule has 2 aromatic rings. The number of unbranched alkanes of at least 4 members (excludes halogenated alkanes) is 1. The average molecular weight is 329 g/mol. The van der Waals surface area contributed by atoms with Crippen LogP contribution in [0.1, 0.15) is 44.2 Å². The maximum atomic E-state index is 12.4. The van der Waals surface area contributed by atoms with E-state index in [1.54, 1.807) is 25.3 Å². The Balaban J connectivity index is 1.90. The molecule has 1 aromatic carbocycles. The molecule has 0 unspecified atom stereocenters. The van der Waals surface area contributed by atoms with Crippen molar-refractivity contribution in [1.29, 1.82) is 0 Å². The lowest BCUT2D eigenvalue weighted by atomic mass is 10.1. The standard InChI is InChI=1S/C18H23N3O3/c1-3-4-9-19-18(23)21-16(12-5-6-12)11-15(20-21)14-8-7-13(24-2)10-17(14)22/h7-8,10-12,22H,3-6,9H2,1-2H3,(H,19,23). The third kappa shape index (κ3) is 3.37. The molecule has 0 bridgehead atoms. The normalized spacial score (nSPS) is 13.8. The summed E-state index contributed by atoms with van der Waals surface area (Å²) in [5.41, 5.74) is 2.11. The monoisotopic (exact) mass is 329 g/mol. The van der Waals surface area contributed by atoms with Crippen LogP contribution in [0, 0.1) is 0 Å². The first-order valence-electron chi connectivity index (χ1n) is 8.39. The Labute approximate surface area is 141 Å². The molecular weight excluding hydrogens is 306 g/mol. The molecule has 0 saturated heterocycles. The molecule has 6 heteroatoms. The minimum absolute atomic E-state index is 0.0905. The fourth-order valence-electron chi connectivity index (χ4n) is 2.66. The van der Waals surface area contributed by atoms with Crippen LogP contribution in [0.15, 0.2) is 24.3 Å². The number of nitrogens with one attached hydrogen (secondary N) is 1. The zero-order chi connectivity index (χ0) is 17.1. The van der Waals surface area contributed by atoms with E-state index in [0.29, 0.717) is 29.5 Å². The molecule has 1 heterocycles. The van der Waals surface area contributed by atoms with Gasteiger partial charge >= 0.3 is 6.03 Å². The molecule has 0 radical (unpaired) electrons. The fraction of sp³-hybridized carbons (Fsp3) is 0.444. The van der Waals surface area contributed by atoms with Crippen molar-refractivity contribution >= 4 is 6.03 Å². The molecule has 6 nitrogen and oxygen atoms in total. The zero-order valence-corrected chi connectivity index (χ0v) is 14.1. The first-order valence-corrected chi connectivity index (χ1v) is 8.39. The zero-order valence-electron chi connectivity index (χ0n) is 14.1. The van der Waals surface area contributed by atoms with Crippen LogP contribution in [0.3, 0.4) is 0 Å². The molecule has 0 atom stereocenters. The summed E-state index contributed by atoms with van der Waals surface area (Å²) >= 11 is 0. The summed E-state index contributed by atoms with van der Waals surface area (Å²) in [6, 6.07) is 6.77. The Morgan fingerprint density at radius 2 is 2.21 bits per heavy atom. The highest BCUT2D eigenvalue weighted by atomic mass is 16.5. The minimum atomic E-state index is -0.204. The SMILES string of the molecule is CCCCNC(=O)n1nc(-c2ccc(OC)cc2O)cc1C1CC1. The lowest BCUT2D eigenvalue weighted by Crippen LogP contribution is -2.31. The number of hydrogen-bond donors (Lipinski definition) is 2. The van der Waals surface area contributed by atoms with Crippen LogP contribution in [0.4, 0.5) is 4.79 Å². The van der Waals surface area contributed by atoms with E-state index < -0.39 is 0 Å². The van der Waals surface area contributed by atoms with Crippen LogP contribution < -0.4 is 10.1 Å². The van der Waals surface area contributed by atoms with Gasteiger partial charge in [-0.15, -0.1) is 0 Å². The number of carbonyl (C=O) groups excluding carboxylic acids is 1. The Morgan fingerprint density at radius 3 is 2.83 bits per heavy atom. The third-order valence-corrected chi connectivity index (χ3v) is 4.21. The van der Waals surface area contributed by atoms with E-state index in [9.17, 15) is 9.90 Å². The van der Waals surface area contributed by atoms with Crippen molar-refractivity contribution in [1.82, 2.24) is 15.1 Å². The second kappa shape index (κ2) is 6.95. The van der Waals surface area contributed by atoms with E-state index >= 15 is 0 Å². The number of amides is 1. The van der Waals surface area contributed by atoms with Crippen LogP contribution in [0.25, 0.3) is 11.3 Å². The quantitative estimate of drug-likeness (QED) is 0.795. The molecule has 0 aliphatic heterocycles. The van der Waals surface area contributed by atoms with Gasteiger partial charge in [-0.05, 0) is 37.5 Å². The van der Waals surface area contributed by atoms with Gasteiger partial charge in [0.25, 0.3) is 0 Å². The lowest BCUT2D eigenvalue weighted by Gasteiger charge is -2.07. The van der Waals surface area contributed by atoms with Crippen molar-refractivity contribution in [2.75, 3.05) is 13.7 Å².